The second kappa shape index (κ2) is 6.23. The molecule has 110 valence electrons. The molecule has 2 rings (SSSR count). The molecule has 8 heteroatoms. The van der Waals surface area contributed by atoms with Gasteiger partial charge in [-0.15, -0.1) is 5.10 Å². The monoisotopic (exact) mass is 294 g/mol. The predicted molar refractivity (Wildman–Crippen MR) is 84.3 cm³/mol. The van der Waals surface area contributed by atoms with E-state index in [0.29, 0.717) is 17.0 Å². The summed E-state index contributed by atoms with van der Waals surface area (Å²) in [5.74, 6) is 0.346. The highest BCUT2D eigenvalue weighted by atomic mass is 15.3. The molecule has 0 spiro atoms. The quantitative estimate of drug-likeness (QED) is 0.703. The van der Waals surface area contributed by atoms with Crippen LogP contribution in [0.4, 0.5) is 11.8 Å². The highest BCUT2D eigenvalue weighted by molar-refractivity contribution is 5.62. The van der Waals surface area contributed by atoms with Crippen LogP contribution in [0.1, 0.15) is 5.69 Å². The Hall–Kier alpha value is -3.60. The van der Waals surface area contributed by atoms with E-state index in [1.807, 2.05) is 6.07 Å². The molecule has 5 N–H and O–H groups in total. The van der Waals surface area contributed by atoms with Gasteiger partial charge in [0.05, 0.1) is 6.20 Å². The minimum absolute atomic E-state index is 0.151. The lowest BCUT2D eigenvalue weighted by molar-refractivity contribution is 0.896. The number of aromatic nitrogens is 4. The fourth-order valence-electron chi connectivity index (χ4n) is 1.65. The minimum Gasteiger partial charge on any atom is -0.399 e. The average molecular weight is 294 g/mol. The van der Waals surface area contributed by atoms with Crippen molar-refractivity contribution in [1.82, 2.24) is 19.6 Å². The molecular weight excluding hydrogens is 280 g/mol. The van der Waals surface area contributed by atoms with Gasteiger partial charge in [0.2, 0.25) is 5.95 Å². The summed E-state index contributed by atoms with van der Waals surface area (Å²) in [5, 5.41) is 16.2. The molecule has 0 aliphatic heterocycles. The molecule has 0 radical (unpaired) electrons. The second-order valence-electron chi connectivity index (χ2n) is 4.14. The first kappa shape index (κ1) is 14.8. The third-order valence-corrected chi connectivity index (χ3v) is 2.61. The van der Waals surface area contributed by atoms with Crippen molar-refractivity contribution < 1.29 is 0 Å². The van der Waals surface area contributed by atoms with E-state index in [0.717, 1.165) is 0 Å². The molecule has 0 bridgehead atoms. The highest BCUT2D eigenvalue weighted by Crippen LogP contribution is 2.14. The Morgan fingerprint density at radius 2 is 2.23 bits per heavy atom. The summed E-state index contributed by atoms with van der Waals surface area (Å²) in [7, 11) is 0. The zero-order valence-corrected chi connectivity index (χ0v) is 11.7. The number of anilines is 2. The lowest BCUT2D eigenvalue weighted by atomic mass is 10.3. The van der Waals surface area contributed by atoms with E-state index in [-0.39, 0.29) is 17.5 Å². The number of rotatable bonds is 5. The van der Waals surface area contributed by atoms with Gasteiger partial charge in [0.15, 0.2) is 17.2 Å². The highest BCUT2D eigenvalue weighted by Gasteiger charge is 2.11. The molecule has 0 saturated carbocycles. The van der Waals surface area contributed by atoms with Crippen LogP contribution < -0.4 is 16.8 Å². The van der Waals surface area contributed by atoms with Crippen LogP contribution in [0.15, 0.2) is 55.1 Å². The first-order valence-corrected chi connectivity index (χ1v) is 6.19. The van der Waals surface area contributed by atoms with Gasteiger partial charge in [0, 0.05) is 11.4 Å². The van der Waals surface area contributed by atoms with Crippen molar-refractivity contribution in [3.05, 3.63) is 60.7 Å². The number of nitrogens with one attached hydrogen (secondary N) is 1. The normalized spacial score (nSPS) is 12.0. The maximum Gasteiger partial charge on any atom is 0.247 e. The van der Waals surface area contributed by atoms with E-state index >= 15 is 0 Å². The average Bonchev–Trinajstić information content (AvgIpc) is 2.90. The number of nitriles is 1. The van der Waals surface area contributed by atoms with Gasteiger partial charge in [-0.3, -0.25) is 0 Å². The van der Waals surface area contributed by atoms with Crippen molar-refractivity contribution in [2.45, 2.75) is 0 Å². The van der Waals surface area contributed by atoms with Crippen LogP contribution in [0, 0.1) is 11.3 Å². The molecule has 0 unspecified atom stereocenters. The molecular formula is C14H14N8. The maximum atomic E-state index is 9.03. The summed E-state index contributed by atoms with van der Waals surface area (Å²) in [6, 6.07) is 1.98. The van der Waals surface area contributed by atoms with Crippen molar-refractivity contribution in [2.24, 2.45) is 5.73 Å². The van der Waals surface area contributed by atoms with E-state index in [1.165, 1.54) is 16.8 Å². The molecule has 0 saturated heterocycles. The second-order valence-corrected chi connectivity index (χ2v) is 4.14. The lowest BCUT2D eigenvalue weighted by Crippen LogP contribution is -2.10. The molecule has 2 aromatic rings. The van der Waals surface area contributed by atoms with Crippen LogP contribution in [0.5, 0.6) is 0 Å². The lowest BCUT2D eigenvalue weighted by Gasteiger charge is -2.07. The molecule has 0 aliphatic carbocycles. The Morgan fingerprint density at radius 1 is 1.45 bits per heavy atom. The van der Waals surface area contributed by atoms with E-state index < -0.39 is 0 Å². The Kier molecular flexibility index (Phi) is 4.19. The van der Waals surface area contributed by atoms with Crippen LogP contribution in [0.3, 0.4) is 0 Å². The van der Waals surface area contributed by atoms with Gasteiger partial charge < -0.3 is 16.8 Å². The number of imidazole rings is 1. The summed E-state index contributed by atoms with van der Waals surface area (Å²) in [5.41, 5.74) is 13.1. The van der Waals surface area contributed by atoms with E-state index in [9.17, 15) is 0 Å². The molecule has 0 fully saturated rings. The molecule has 0 aromatic carbocycles. The van der Waals surface area contributed by atoms with Gasteiger partial charge in [-0.2, -0.15) is 14.8 Å². The molecule has 8 nitrogen and oxygen atoms in total. The number of nitrogens with zero attached hydrogens (tertiary/aromatic N) is 5. The third kappa shape index (κ3) is 2.94. The van der Waals surface area contributed by atoms with Gasteiger partial charge >= 0.3 is 0 Å². The van der Waals surface area contributed by atoms with Gasteiger partial charge in [-0.25, -0.2) is 4.98 Å². The molecule has 22 heavy (non-hydrogen) atoms. The van der Waals surface area contributed by atoms with Crippen LogP contribution in [-0.4, -0.2) is 19.6 Å². The van der Waals surface area contributed by atoms with Crippen molar-refractivity contribution in [3.8, 4) is 6.07 Å². The number of hydrogen-bond donors (Lipinski definition) is 3. The largest absolute Gasteiger partial charge is 0.399 e. The van der Waals surface area contributed by atoms with E-state index in [1.54, 1.807) is 18.2 Å². The van der Waals surface area contributed by atoms with E-state index in [4.69, 9.17) is 16.7 Å². The molecule has 0 atom stereocenters. The van der Waals surface area contributed by atoms with Crippen LogP contribution in [0.2, 0.25) is 0 Å². The third-order valence-electron chi connectivity index (χ3n) is 2.61. The summed E-state index contributed by atoms with van der Waals surface area (Å²) in [4.78, 5) is 8.09. The Bertz CT molecular complexity index is 834. The predicted octanol–water partition coefficient (Wildman–Crippen LogP) is 1.09. The number of allylic oxidation sites excluding steroid dienone is 4. The van der Waals surface area contributed by atoms with Gasteiger partial charge in [-0.05, 0) is 18.2 Å². The van der Waals surface area contributed by atoms with Gasteiger partial charge in [-0.1, -0.05) is 19.2 Å². The summed E-state index contributed by atoms with van der Waals surface area (Å²) < 4.78 is 1.32. The van der Waals surface area contributed by atoms with Crippen molar-refractivity contribution in [1.29, 1.82) is 5.26 Å². The van der Waals surface area contributed by atoms with Crippen LogP contribution in [-0.2, 0) is 0 Å². The number of fused-ring (bicyclic) bond motifs is 1. The molecule has 0 amide bonds. The van der Waals surface area contributed by atoms with Crippen LogP contribution in [0.25, 0.3) is 5.65 Å². The smallest absolute Gasteiger partial charge is 0.247 e. The molecule has 2 aromatic heterocycles. The van der Waals surface area contributed by atoms with Crippen molar-refractivity contribution >= 4 is 17.4 Å². The summed E-state index contributed by atoms with van der Waals surface area (Å²) in [6.45, 7) is 7.20. The fourth-order valence-corrected chi connectivity index (χ4v) is 1.65. The van der Waals surface area contributed by atoms with Crippen molar-refractivity contribution in [3.63, 3.8) is 0 Å². The number of hydrogen-bond acceptors (Lipinski definition) is 7. The minimum atomic E-state index is 0.151. The Balaban J connectivity index is 2.46. The zero-order chi connectivity index (χ0) is 16.1. The van der Waals surface area contributed by atoms with Crippen molar-refractivity contribution in [2.75, 3.05) is 11.1 Å². The maximum absolute atomic E-state index is 9.03. The van der Waals surface area contributed by atoms with Gasteiger partial charge in [0.25, 0.3) is 0 Å². The fraction of sp³-hybridized carbons (Fsp3) is 0. The molecule has 2 heterocycles. The first-order chi connectivity index (χ1) is 10.6. The summed E-state index contributed by atoms with van der Waals surface area (Å²) in [6.07, 6.45) is 7.77. The topological polar surface area (TPSA) is 131 Å². The number of nitrogen functional groups attached to an aromatic ring is 1. The SMILES string of the molecule is C=C/C=C(\C=C(\N)C=C)Nc1nc(N)c2ncc(C#N)n2n1. The first-order valence-electron chi connectivity index (χ1n) is 6.19. The van der Waals surface area contributed by atoms with Crippen LogP contribution >= 0.6 is 0 Å². The summed E-state index contributed by atoms with van der Waals surface area (Å²) >= 11 is 0. The zero-order valence-electron chi connectivity index (χ0n) is 11.7. The van der Waals surface area contributed by atoms with Gasteiger partial charge in [0.1, 0.15) is 6.07 Å². The molecule has 0 aliphatic rings. The Morgan fingerprint density at radius 3 is 2.86 bits per heavy atom. The Labute approximate surface area is 126 Å². The standard InChI is InChI=1S/C14H14N8/c1-3-5-10(6-9(16)4-2)19-14-20-12(17)13-18-8-11(7-15)22(13)21-14/h3-6,8H,1-2,16H2,(H3,17,19,20,21)/b9-6+,10-5+. The van der Waals surface area contributed by atoms with E-state index in [2.05, 4.69) is 33.5 Å². The number of nitrogens with two attached hydrogens (primary N) is 2.